The van der Waals surface area contributed by atoms with Crippen LogP contribution in [0.5, 0.6) is 0 Å². The summed E-state index contributed by atoms with van der Waals surface area (Å²) < 4.78 is 5.21. The molecule has 0 spiro atoms. The molecule has 220 valence electrons. The quantitative estimate of drug-likeness (QED) is 0.0577. The van der Waals surface area contributed by atoms with E-state index in [2.05, 4.69) is 50.2 Å². The van der Waals surface area contributed by atoms with Crippen molar-refractivity contribution in [2.24, 2.45) is 0 Å². The Morgan fingerprint density at radius 2 is 1.05 bits per heavy atom. The van der Waals surface area contributed by atoms with Gasteiger partial charge in [0.25, 0.3) is 0 Å². The predicted octanol–water partition coefficient (Wildman–Crippen LogP) is 12.2. The van der Waals surface area contributed by atoms with Crippen LogP contribution >= 0.6 is 0 Å². The van der Waals surface area contributed by atoms with Crippen molar-refractivity contribution < 1.29 is 0 Å². The van der Waals surface area contributed by atoms with Crippen molar-refractivity contribution in [3.05, 3.63) is 47.5 Å². The number of fused-ring (bicyclic) bond motifs is 5. The van der Waals surface area contributed by atoms with Crippen LogP contribution in [0.4, 0.5) is 0 Å². The fourth-order valence-electron chi connectivity index (χ4n) is 6.42. The van der Waals surface area contributed by atoms with Crippen LogP contribution in [0.15, 0.2) is 36.4 Å². The van der Waals surface area contributed by atoms with Gasteiger partial charge in [0.2, 0.25) is 0 Å². The Morgan fingerprint density at radius 3 is 1.65 bits per heavy atom. The van der Waals surface area contributed by atoms with Gasteiger partial charge in [0.05, 0.1) is 0 Å². The summed E-state index contributed by atoms with van der Waals surface area (Å²) in [6.07, 6.45) is 31.0. The minimum absolute atomic E-state index is 0.549. The van der Waals surface area contributed by atoms with Crippen LogP contribution in [-0.2, 0) is 12.8 Å². The second-order valence-corrected chi connectivity index (χ2v) is 18.0. The molecule has 0 unspecified atom stereocenters. The monoisotopic (exact) mass is 672 g/mol. The van der Waals surface area contributed by atoms with Crippen molar-refractivity contribution in [2.75, 3.05) is 0 Å². The normalized spacial score (nSPS) is 11.9. The van der Waals surface area contributed by atoms with Gasteiger partial charge in [-0.3, -0.25) is 0 Å². The van der Waals surface area contributed by atoms with Crippen molar-refractivity contribution in [1.29, 1.82) is 0 Å². The van der Waals surface area contributed by atoms with E-state index in [1.807, 2.05) is 3.13 Å². The van der Waals surface area contributed by atoms with Gasteiger partial charge in [-0.25, -0.2) is 0 Å². The van der Waals surface area contributed by atoms with Crippen LogP contribution in [0.25, 0.3) is 27.8 Å². The maximum absolute atomic E-state index is 2.59. The molecule has 40 heavy (non-hydrogen) atoms. The maximum atomic E-state index is 2.59. The first-order chi connectivity index (χ1) is 19.8. The third-order valence-corrected chi connectivity index (χ3v) is 15.0. The number of hydrogen-bond donors (Lipinski definition) is 0. The first-order valence-electron chi connectivity index (χ1n) is 17.2. The average molecular weight is 671 g/mol. The fraction of sp³-hybridized carbons (Fsp3) is 0.632. The average Bonchev–Trinajstić information content (AvgIpc) is 3.51. The first-order valence-corrected chi connectivity index (χ1v) is 20.6. The third-order valence-electron chi connectivity index (χ3n) is 8.90. The summed E-state index contributed by atoms with van der Waals surface area (Å²) in [4.78, 5) is 0. The summed E-state index contributed by atoms with van der Waals surface area (Å²) in [6.45, 7) is 4.62. The Kier molecular flexibility index (Phi) is 15.0. The number of unbranched alkanes of at least 4 members (excludes halogenated alkanes) is 18. The van der Waals surface area contributed by atoms with E-state index >= 15 is 0 Å². The molecule has 0 saturated heterocycles. The van der Waals surface area contributed by atoms with Gasteiger partial charge in [0.15, 0.2) is 0 Å². The summed E-state index contributed by atoms with van der Waals surface area (Å²) in [5, 5.41) is 4.88. The van der Waals surface area contributed by atoms with E-state index in [1.165, 1.54) is 141 Å². The molecule has 0 aliphatic carbocycles. The minimum atomic E-state index is 0.549. The molecule has 0 aliphatic heterocycles. The van der Waals surface area contributed by atoms with Crippen LogP contribution < -0.4 is 0 Å². The zero-order valence-electron chi connectivity index (χ0n) is 25.8. The van der Waals surface area contributed by atoms with E-state index in [9.17, 15) is 0 Å². The molecule has 0 bridgehead atoms. The molecule has 0 atom stereocenters. The van der Waals surface area contributed by atoms with Crippen LogP contribution in [0, 0.1) is 0 Å². The number of hydrogen-bond acceptors (Lipinski definition) is 0. The molecule has 0 N–H and O–H groups in total. The number of aryl methyl sites for hydroxylation is 2. The molecule has 2 aromatic carbocycles. The molecule has 0 fully saturated rings. The Hall–Kier alpha value is -0.781. The molecule has 2 heteroatoms. The van der Waals surface area contributed by atoms with Gasteiger partial charge in [0.1, 0.15) is 0 Å². The third kappa shape index (κ3) is 9.90. The first kappa shape index (κ1) is 32.1. The molecule has 2 heterocycles. The Balaban J connectivity index is 1.25. The van der Waals surface area contributed by atoms with Gasteiger partial charge in [-0.1, -0.05) is 39.5 Å². The molecule has 0 radical (unpaired) electrons. The Bertz CT molecular complexity index is 1240. The van der Waals surface area contributed by atoms with E-state index in [0.717, 1.165) is 0 Å². The molecular formula is C38H56Se2. The van der Waals surface area contributed by atoms with Crippen molar-refractivity contribution >= 4 is 56.8 Å². The van der Waals surface area contributed by atoms with Crippen LogP contribution in [-0.4, -0.2) is 29.0 Å². The summed E-state index contributed by atoms with van der Waals surface area (Å²) >= 11 is 1.10. The van der Waals surface area contributed by atoms with Gasteiger partial charge >= 0.3 is 220 Å². The SMILES string of the molecule is CCCCCCCCCCCCc1ccc2[se]c3[se]c4c(CCCCCCCCCCCC)cccc4c3c2c1. The van der Waals surface area contributed by atoms with Gasteiger partial charge in [-0.2, -0.15) is 0 Å². The molecular weight excluding hydrogens is 614 g/mol. The van der Waals surface area contributed by atoms with Crippen LogP contribution in [0.1, 0.15) is 153 Å². The van der Waals surface area contributed by atoms with Gasteiger partial charge in [-0.05, 0) is 0 Å². The molecule has 4 aromatic rings. The topological polar surface area (TPSA) is 0 Å². The van der Waals surface area contributed by atoms with E-state index in [1.54, 1.807) is 35.8 Å². The van der Waals surface area contributed by atoms with Crippen LogP contribution in [0.3, 0.4) is 0 Å². The summed E-state index contributed by atoms with van der Waals surface area (Å²) in [5.41, 5.74) is 3.25. The fourth-order valence-corrected chi connectivity index (χ4v) is 13.1. The summed E-state index contributed by atoms with van der Waals surface area (Å²) in [5.74, 6) is 0. The molecule has 0 amide bonds. The molecule has 0 saturated carbocycles. The van der Waals surface area contributed by atoms with E-state index in [0.29, 0.717) is 29.0 Å². The predicted molar refractivity (Wildman–Crippen MR) is 184 cm³/mol. The van der Waals surface area contributed by atoms with Crippen molar-refractivity contribution in [1.82, 2.24) is 0 Å². The molecule has 0 aliphatic rings. The van der Waals surface area contributed by atoms with E-state index in [-0.39, 0.29) is 0 Å². The van der Waals surface area contributed by atoms with Crippen molar-refractivity contribution in [2.45, 2.75) is 155 Å². The second-order valence-electron chi connectivity index (χ2n) is 12.4. The van der Waals surface area contributed by atoms with Crippen molar-refractivity contribution in [3.63, 3.8) is 0 Å². The van der Waals surface area contributed by atoms with E-state index < -0.39 is 0 Å². The second kappa shape index (κ2) is 18.7. The zero-order chi connectivity index (χ0) is 27.8. The molecule has 2 aromatic heterocycles. The van der Waals surface area contributed by atoms with Gasteiger partial charge < -0.3 is 0 Å². The molecule has 0 nitrogen and oxygen atoms in total. The van der Waals surface area contributed by atoms with Crippen molar-refractivity contribution in [3.8, 4) is 0 Å². The summed E-state index contributed by atoms with van der Waals surface area (Å²) in [6, 6.07) is 14.8. The Morgan fingerprint density at radius 1 is 0.500 bits per heavy atom. The Labute approximate surface area is 258 Å². The van der Waals surface area contributed by atoms with E-state index in [4.69, 9.17) is 0 Å². The van der Waals surface area contributed by atoms with Crippen LogP contribution in [0.2, 0.25) is 0 Å². The standard InChI is InChI=1S/C38H56Se2/c1-3-5-7-9-11-13-15-17-19-21-24-31-28-29-35-34(30-31)36-33-27-23-26-32(37(33)40-38(36)39-35)25-22-20-18-16-14-12-10-8-6-4-2/h23,26-30H,3-22,24-25H2,1-2H3. The number of rotatable bonds is 22. The summed E-state index contributed by atoms with van der Waals surface area (Å²) in [7, 11) is 0. The van der Waals surface area contributed by atoms with Gasteiger partial charge in [-0.15, -0.1) is 0 Å². The zero-order valence-corrected chi connectivity index (χ0v) is 29.3. The molecule has 4 rings (SSSR count). The number of benzene rings is 2. The van der Waals surface area contributed by atoms with Gasteiger partial charge in [0, 0.05) is 0 Å².